The minimum absolute atomic E-state index is 0. The Labute approximate surface area is 96.5 Å². The third-order valence-electron chi connectivity index (χ3n) is 4.69. The van der Waals surface area contributed by atoms with E-state index in [-0.39, 0.29) is 17.8 Å². The summed E-state index contributed by atoms with van der Waals surface area (Å²) in [4.78, 5) is 0. The predicted octanol–water partition coefficient (Wildman–Crippen LogP) is 2.37. The summed E-state index contributed by atoms with van der Waals surface area (Å²) in [5, 5.41) is 12.1. The molecule has 4 aliphatic carbocycles. The molecule has 4 heteroatoms. The van der Waals surface area contributed by atoms with Gasteiger partial charge in [-0.1, -0.05) is 5.16 Å². The molecule has 15 heavy (non-hydrogen) atoms. The molecule has 0 aromatic heterocycles. The van der Waals surface area contributed by atoms with Crippen LogP contribution in [0.5, 0.6) is 0 Å². The van der Waals surface area contributed by atoms with Gasteiger partial charge in [0.1, 0.15) is 5.84 Å². The maximum atomic E-state index is 8.86. The van der Waals surface area contributed by atoms with Crippen LogP contribution in [0.15, 0.2) is 5.16 Å². The molecule has 4 bridgehead atoms. The monoisotopic (exact) mass is 230 g/mol. The van der Waals surface area contributed by atoms with E-state index in [4.69, 9.17) is 10.9 Å². The first kappa shape index (κ1) is 11.1. The second-order valence-corrected chi connectivity index (χ2v) is 5.68. The Morgan fingerprint density at radius 1 is 1.07 bits per heavy atom. The fourth-order valence-corrected chi connectivity index (χ4v) is 4.53. The van der Waals surface area contributed by atoms with Crippen LogP contribution in [0.1, 0.15) is 38.5 Å². The Morgan fingerprint density at radius 2 is 1.47 bits per heavy atom. The third-order valence-corrected chi connectivity index (χ3v) is 4.69. The maximum Gasteiger partial charge on any atom is 0.145 e. The zero-order valence-corrected chi connectivity index (χ0v) is 9.67. The summed E-state index contributed by atoms with van der Waals surface area (Å²) in [6.45, 7) is 0. The van der Waals surface area contributed by atoms with Gasteiger partial charge in [0.2, 0.25) is 0 Å². The number of hydrogen-bond acceptors (Lipinski definition) is 2. The average molecular weight is 231 g/mol. The predicted molar refractivity (Wildman–Crippen MR) is 61.3 cm³/mol. The number of nitrogens with two attached hydrogens (primary N) is 1. The van der Waals surface area contributed by atoms with Gasteiger partial charge >= 0.3 is 0 Å². The van der Waals surface area contributed by atoms with E-state index in [1.54, 1.807) is 0 Å². The standard InChI is InChI=1S/C11H18N2O.ClH/c12-10(13-14)11-4-7-1-8(5-11)3-9(2-7)6-11;/h7-9,14H,1-6H2,(H2,12,13);1H. The van der Waals surface area contributed by atoms with Crippen LogP contribution in [0.2, 0.25) is 0 Å². The van der Waals surface area contributed by atoms with Crippen molar-refractivity contribution in [3.63, 3.8) is 0 Å². The van der Waals surface area contributed by atoms with Crippen molar-refractivity contribution in [2.24, 2.45) is 34.1 Å². The van der Waals surface area contributed by atoms with Crippen LogP contribution in [0.25, 0.3) is 0 Å². The Hall–Kier alpha value is -0.440. The van der Waals surface area contributed by atoms with Gasteiger partial charge in [0.25, 0.3) is 0 Å². The van der Waals surface area contributed by atoms with Crippen LogP contribution >= 0.6 is 12.4 Å². The number of hydrogen-bond donors (Lipinski definition) is 2. The highest BCUT2D eigenvalue weighted by atomic mass is 35.5. The lowest BCUT2D eigenvalue weighted by Gasteiger charge is -2.56. The van der Waals surface area contributed by atoms with Gasteiger partial charge in [-0.3, -0.25) is 0 Å². The lowest BCUT2D eigenvalue weighted by Crippen LogP contribution is -2.52. The zero-order chi connectivity index (χ0) is 9.76. The fraction of sp³-hybridized carbons (Fsp3) is 0.909. The lowest BCUT2D eigenvalue weighted by atomic mass is 9.49. The first-order valence-corrected chi connectivity index (χ1v) is 5.70. The second-order valence-electron chi connectivity index (χ2n) is 5.68. The number of oxime groups is 1. The summed E-state index contributed by atoms with van der Waals surface area (Å²) in [5.74, 6) is 3.10. The largest absolute Gasteiger partial charge is 0.409 e. The van der Waals surface area contributed by atoms with E-state index >= 15 is 0 Å². The van der Waals surface area contributed by atoms with Gasteiger partial charge in [-0.05, 0) is 56.3 Å². The van der Waals surface area contributed by atoms with E-state index in [0.717, 1.165) is 17.8 Å². The molecule has 0 saturated heterocycles. The van der Waals surface area contributed by atoms with Gasteiger partial charge in [0.15, 0.2) is 0 Å². The SMILES string of the molecule is Cl.N/C(=N/O)C12CC3CC(CC(C3)C1)C2. The Morgan fingerprint density at radius 3 is 1.80 bits per heavy atom. The van der Waals surface area contributed by atoms with Crippen LogP contribution < -0.4 is 5.73 Å². The summed E-state index contributed by atoms with van der Waals surface area (Å²) >= 11 is 0. The molecule has 3 nitrogen and oxygen atoms in total. The molecule has 0 aromatic rings. The summed E-state index contributed by atoms with van der Waals surface area (Å²) < 4.78 is 0. The minimum Gasteiger partial charge on any atom is -0.409 e. The van der Waals surface area contributed by atoms with Crippen molar-refractivity contribution in [1.29, 1.82) is 0 Å². The molecular formula is C11H19ClN2O. The van der Waals surface area contributed by atoms with Gasteiger partial charge in [0.05, 0.1) is 0 Å². The maximum absolute atomic E-state index is 8.86. The van der Waals surface area contributed by atoms with Gasteiger partial charge in [0, 0.05) is 5.41 Å². The summed E-state index contributed by atoms with van der Waals surface area (Å²) in [6, 6.07) is 0. The first-order valence-electron chi connectivity index (χ1n) is 5.70. The van der Waals surface area contributed by atoms with Crippen LogP contribution in [0.4, 0.5) is 0 Å². The molecule has 86 valence electrons. The van der Waals surface area contributed by atoms with Gasteiger partial charge in [-0.25, -0.2) is 0 Å². The fourth-order valence-electron chi connectivity index (χ4n) is 4.53. The van der Waals surface area contributed by atoms with Crippen LogP contribution in [0.3, 0.4) is 0 Å². The number of nitrogens with zero attached hydrogens (tertiary/aromatic N) is 1. The molecule has 0 radical (unpaired) electrons. The van der Waals surface area contributed by atoms with Crippen molar-refractivity contribution in [3.05, 3.63) is 0 Å². The van der Waals surface area contributed by atoms with Crippen molar-refractivity contribution in [3.8, 4) is 0 Å². The van der Waals surface area contributed by atoms with Gasteiger partial charge in [-0.15, -0.1) is 12.4 Å². The normalized spacial score (nSPS) is 47.7. The van der Waals surface area contributed by atoms with E-state index in [1.807, 2.05) is 0 Å². The highest BCUT2D eigenvalue weighted by molar-refractivity contribution is 5.86. The topological polar surface area (TPSA) is 58.6 Å². The molecule has 0 aromatic carbocycles. The number of amidine groups is 1. The van der Waals surface area contributed by atoms with Crippen LogP contribution in [0, 0.1) is 23.2 Å². The molecule has 4 saturated carbocycles. The second kappa shape index (κ2) is 3.55. The van der Waals surface area contributed by atoms with E-state index in [9.17, 15) is 0 Å². The van der Waals surface area contributed by atoms with Crippen molar-refractivity contribution < 1.29 is 5.21 Å². The van der Waals surface area contributed by atoms with E-state index in [2.05, 4.69) is 5.16 Å². The smallest absolute Gasteiger partial charge is 0.145 e. The minimum atomic E-state index is 0. The molecular weight excluding hydrogens is 212 g/mol. The molecule has 0 spiro atoms. The van der Waals surface area contributed by atoms with E-state index < -0.39 is 0 Å². The number of rotatable bonds is 1. The molecule has 3 N–H and O–H groups in total. The van der Waals surface area contributed by atoms with Crippen molar-refractivity contribution in [2.75, 3.05) is 0 Å². The first-order chi connectivity index (χ1) is 6.72. The molecule has 4 rings (SSSR count). The summed E-state index contributed by atoms with van der Waals surface area (Å²) in [7, 11) is 0. The molecule has 0 atom stereocenters. The highest BCUT2D eigenvalue weighted by Crippen LogP contribution is 2.59. The van der Waals surface area contributed by atoms with Gasteiger partial charge < -0.3 is 10.9 Å². The summed E-state index contributed by atoms with van der Waals surface area (Å²) in [5.41, 5.74) is 5.96. The van der Waals surface area contributed by atoms with Crippen molar-refractivity contribution >= 4 is 18.2 Å². The van der Waals surface area contributed by atoms with Crippen molar-refractivity contribution in [2.45, 2.75) is 38.5 Å². The molecule has 0 unspecified atom stereocenters. The molecule has 4 aliphatic rings. The van der Waals surface area contributed by atoms with Crippen LogP contribution in [-0.4, -0.2) is 11.0 Å². The van der Waals surface area contributed by atoms with Gasteiger partial charge in [-0.2, -0.15) is 0 Å². The Kier molecular flexibility index (Phi) is 2.61. The zero-order valence-electron chi connectivity index (χ0n) is 8.85. The van der Waals surface area contributed by atoms with E-state index in [0.29, 0.717) is 5.84 Å². The third kappa shape index (κ3) is 1.52. The van der Waals surface area contributed by atoms with E-state index in [1.165, 1.54) is 38.5 Å². The summed E-state index contributed by atoms with van der Waals surface area (Å²) in [6.07, 6.45) is 7.73. The van der Waals surface area contributed by atoms with Crippen molar-refractivity contribution in [1.82, 2.24) is 0 Å². The Bertz CT molecular complexity index is 255. The average Bonchev–Trinajstić information content (AvgIpc) is 2.14. The van der Waals surface area contributed by atoms with Crippen LogP contribution in [-0.2, 0) is 0 Å². The molecule has 4 fully saturated rings. The molecule has 0 aliphatic heterocycles. The molecule has 0 heterocycles. The highest BCUT2D eigenvalue weighted by Gasteiger charge is 2.53. The Balaban J connectivity index is 0.000000853. The molecule has 0 amide bonds. The quantitative estimate of drug-likeness (QED) is 0.315. The lowest BCUT2D eigenvalue weighted by molar-refractivity contribution is -0.0143. The number of halogens is 1.